The first kappa shape index (κ1) is 28.0. The Balaban J connectivity index is 1.16. The van der Waals surface area contributed by atoms with Crippen LogP contribution >= 0.6 is 0 Å². The lowest BCUT2D eigenvalue weighted by molar-refractivity contribution is 0.491. The van der Waals surface area contributed by atoms with Crippen molar-refractivity contribution in [2.24, 2.45) is 0 Å². The predicted molar refractivity (Wildman–Crippen MR) is 197 cm³/mol. The number of aromatic nitrogens is 3. The smallest absolute Gasteiger partial charge is 0.164 e. The van der Waals surface area contributed by atoms with E-state index in [0.29, 0.717) is 17.5 Å². The molecule has 0 atom stereocenters. The summed E-state index contributed by atoms with van der Waals surface area (Å²) in [7, 11) is 0. The van der Waals surface area contributed by atoms with Crippen molar-refractivity contribution < 1.29 is 8.83 Å². The molecule has 5 nitrogen and oxygen atoms in total. The second kappa shape index (κ2) is 10.5. The molecule has 49 heavy (non-hydrogen) atoms. The van der Waals surface area contributed by atoms with Crippen molar-refractivity contribution in [3.05, 3.63) is 139 Å². The molecule has 3 heterocycles. The van der Waals surface area contributed by atoms with Gasteiger partial charge in [0.2, 0.25) is 0 Å². The van der Waals surface area contributed by atoms with Gasteiger partial charge < -0.3 is 8.83 Å². The van der Waals surface area contributed by atoms with Crippen LogP contribution in [0.4, 0.5) is 0 Å². The van der Waals surface area contributed by atoms with E-state index in [1.165, 1.54) is 27.6 Å². The largest absolute Gasteiger partial charge is 0.456 e. The second-order valence-corrected chi connectivity index (χ2v) is 13.0. The number of rotatable bonds is 5. The first-order chi connectivity index (χ1) is 24.1. The first-order valence-corrected chi connectivity index (χ1v) is 17.0. The summed E-state index contributed by atoms with van der Waals surface area (Å²) in [4.78, 5) is 15.3. The Bertz CT molecular complexity index is 2750. The van der Waals surface area contributed by atoms with Crippen LogP contribution in [0.25, 0.3) is 89.2 Å². The number of benzene rings is 6. The van der Waals surface area contributed by atoms with Crippen LogP contribution in [0.3, 0.4) is 0 Å². The quantitative estimate of drug-likeness (QED) is 0.189. The van der Waals surface area contributed by atoms with Crippen LogP contribution in [0.15, 0.2) is 136 Å². The van der Waals surface area contributed by atoms with Crippen LogP contribution in [0.5, 0.6) is 0 Å². The van der Waals surface area contributed by atoms with Crippen LogP contribution in [-0.4, -0.2) is 15.0 Å². The first-order valence-electron chi connectivity index (χ1n) is 17.0. The maximum Gasteiger partial charge on any atom is 0.164 e. The molecule has 5 heteroatoms. The Labute approximate surface area is 282 Å². The van der Waals surface area contributed by atoms with E-state index < -0.39 is 0 Å². The Morgan fingerprint density at radius 3 is 1.65 bits per heavy atom. The molecule has 3 aromatic heterocycles. The summed E-state index contributed by atoms with van der Waals surface area (Å²) in [5.74, 6) is 1.93. The molecule has 0 aliphatic heterocycles. The normalized spacial score (nSPS) is 13.4. The standard InChI is InChI=1S/C44H31N3O2/c1-3-44(4-2)35-23-28(18-20-29(35)32-25-40-34(24-36(32)44)31-15-9-11-17-38(31)49-40)43-46-41(26-12-6-5-7-13-26)45-42(47-43)27-19-21-39-33(22-27)30-14-8-10-16-37(30)48-39/h5-25H,3-4H2,1-2H3. The zero-order chi connectivity index (χ0) is 32.7. The number of fused-ring (bicyclic) bond motifs is 9. The molecule has 0 unspecified atom stereocenters. The molecule has 0 saturated carbocycles. The van der Waals surface area contributed by atoms with Gasteiger partial charge in [-0.2, -0.15) is 0 Å². The fourth-order valence-corrected chi connectivity index (χ4v) is 8.08. The van der Waals surface area contributed by atoms with E-state index in [2.05, 4.69) is 74.5 Å². The van der Waals surface area contributed by atoms with E-state index in [-0.39, 0.29) is 5.41 Å². The fraction of sp³-hybridized carbons (Fsp3) is 0.114. The van der Waals surface area contributed by atoms with Crippen LogP contribution in [0, 0.1) is 0 Å². The zero-order valence-corrected chi connectivity index (χ0v) is 27.2. The summed E-state index contributed by atoms with van der Waals surface area (Å²) in [6.45, 7) is 4.61. The Kier molecular flexibility index (Phi) is 5.98. The summed E-state index contributed by atoms with van der Waals surface area (Å²) in [6.07, 6.45) is 1.95. The second-order valence-electron chi connectivity index (χ2n) is 13.0. The van der Waals surface area contributed by atoms with Crippen molar-refractivity contribution in [2.45, 2.75) is 32.1 Å². The van der Waals surface area contributed by atoms with Crippen molar-refractivity contribution >= 4 is 43.9 Å². The van der Waals surface area contributed by atoms with E-state index >= 15 is 0 Å². The van der Waals surface area contributed by atoms with Gasteiger partial charge in [0.05, 0.1) is 0 Å². The molecular weight excluding hydrogens is 603 g/mol. The fourth-order valence-electron chi connectivity index (χ4n) is 8.08. The summed E-state index contributed by atoms with van der Waals surface area (Å²) in [5.41, 5.74) is 11.4. The van der Waals surface area contributed by atoms with Crippen LogP contribution in [0.1, 0.15) is 37.8 Å². The van der Waals surface area contributed by atoms with Gasteiger partial charge in [-0.25, -0.2) is 15.0 Å². The van der Waals surface area contributed by atoms with E-state index in [9.17, 15) is 0 Å². The van der Waals surface area contributed by atoms with Gasteiger partial charge in [0.15, 0.2) is 17.5 Å². The lowest BCUT2D eigenvalue weighted by atomic mass is 9.73. The Morgan fingerprint density at radius 1 is 0.429 bits per heavy atom. The molecule has 0 fully saturated rings. The van der Waals surface area contributed by atoms with Crippen LogP contribution in [0.2, 0.25) is 0 Å². The maximum atomic E-state index is 6.34. The number of para-hydroxylation sites is 2. The SMILES string of the molecule is CCC1(CC)c2cc(-c3nc(-c4ccccc4)nc(-c4ccc5oc6ccccc6c5c4)n3)ccc2-c2cc3oc4ccccc4c3cc21. The van der Waals surface area contributed by atoms with Crippen molar-refractivity contribution in [1.29, 1.82) is 0 Å². The molecule has 10 rings (SSSR count). The van der Waals surface area contributed by atoms with Gasteiger partial charge in [-0.15, -0.1) is 0 Å². The maximum absolute atomic E-state index is 6.34. The van der Waals surface area contributed by atoms with Crippen LogP contribution in [-0.2, 0) is 5.41 Å². The highest BCUT2D eigenvalue weighted by Gasteiger charge is 2.41. The lowest BCUT2D eigenvalue weighted by Crippen LogP contribution is -2.23. The molecule has 9 aromatic rings. The van der Waals surface area contributed by atoms with E-state index in [0.717, 1.165) is 68.0 Å². The molecule has 0 saturated heterocycles. The predicted octanol–water partition coefficient (Wildman–Crippen LogP) is 11.8. The van der Waals surface area contributed by atoms with Gasteiger partial charge in [0.25, 0.3) is 0 Å². The highest BCUT2D eigenvalue weighted by Crippen LogP contribution is 2.55. The van der Waals surface area contributed by atoms with Crippen LogP contribution < -0.4 is 0 Å². The third-order valence-corrected chi connectivity index (χ3v) is 10.6. The highest BCUT2D eigenvalue weighted by atomic mass is 16.3. The summed E-state index contributed by atoms with van der Waals surface area (Å²) in [5, 5.41) is 4.45. The minimum atomic E-state index is -0.140. The van der Waals surface area contributed by atoms with E-state index in [4.69, 9.17) is 23.8 Å². The monoisotopic (exact) mass is 633 g/mol. The summed E-state index contributed by atoms with van der Waals surface area (Å²) in [6, 6.07) is 44.1. The summed E-state index contributed by atoms with van der Waals surface area (Å²) < 4.78 is 12.5. The third-order valence-electron chi connectivity index (χ3n) is 10.6. The van der Waals surface area contributed by atoms with Crippen molar-refractivity contribution in [3.8, 4) is 45.3 Å². The zero-order valence-electron chi connectivity index (χ0n) is 27.2. The van der Waals surface area contributed by atoms with Gasteiger partial charge in [-0.3, -0.25) is 0 Å². The molecule has 0 N–H and O–H groups in total. The summed E-state index contributed by atoms with van der Waals surface area (Å²) >= 11 is 0. The van der Waals surface area contributed by atoms with Gasteiger partial charge in [0.1, 0.15) is 22.3 Å². The van der Waals surface area contributed by atoms with Gasteiger partial charge in [-0.05, 0) is 83.6 Å². The molecule has 234 valence electrons. The number of hydrogen-bond donors (Lipinski definition) is 0. The number of nitrogens with zero attached hydrogens (tertiary/aromatic N) is 3. The van der Waals surface area contributed by atoms with Crippen molar-refractivity contribution in [1.82, 2.24) is 15.0 Å². The topological polar surface area (TPSA) is 65.0 Å². The van der Waals surface area contributed by atoms with E-state index in [1.807, 2.05) is 66.7 Å². The van der Waals surface area contributed by atoms with Crippen molar-refractivity contribution in [3.63, 3.8) is 0 Å². The minimum Gasteiger partial charge on any atom is -0.456 e. The number of hydrogen-bond acceptors (Lipinski definition) is 5. The van der Waals surface area contributed by atoms with Gasteiger partial charge >= 0.3 is 0 Å². The molecular formula is C44H31N3O2. The molecule has 0 amide bonds. The highest BCUT2D eigenvalue weighted by molar-refractivity contribution is 6.08. The minimum absolute atomic E-state index is 0.140. The molecule has 1 aliphatic rings. The van der Waals surface area contributed by atoms with Crippen molar-refractivity contribution in [2.75, 3.05) is 0 Å². The third kappa shape index (κ3) is 4.08. The van der Waals surface area contributed by atoms with Gasteiger partial charge in [0, 0.05) is 43.7 Å². The molecule has 0 radical (unpaired) electrons. The number of furan rings is 2. The molecule has 0 bridgehead atoms. The Hall–Kier alpha value is -6.07. The Morgan fingerprint density at radius 2 is 0.959 bits per heavy atom. The molecule has 0 spiro atoms. The molecule has 1 aliphatic carbocycles. The lowest BCUT2D eigenvalue weighted by Gasteiger charge is -2.30. The molecule has 6 aromatic carbocycles. The van der Waals surface area contributed by atoms with E-state index in [1.54, 1.807) is 0 Å². The van der Waals surface area contributed by atoms with Gasteiger partial charge in [-0.1, -0.05) is 92.7 Å². The average molecular weight is 634 g/mol. The average Bonchev–Trinajstić information content (AvgIpc) is 3.81.